The highest BCUT2D eigenvalue weighted by atomic mass is 16.5. The maximum atomic E-state index is 12.2. The van der Waals surface area contributed by atoms with Crippen LogP contribution in [0.4, 0.5) is 0 Å². The number of aryl methyl sites for hydroxylation is 2. The number of hydrogen-bond donors (Lipinski definition) is 4. The molecule has 4 N–H and O–H groups in total. The molecule has 1 amide bonds. The first-order chi connectivity index (χ1) is 21.0. The molecule has 0 radical (unpaired) electrons. The molecule has 1 aromatic heterocycles. The van der Waals surface area contributed by atoms with Gasteiger partial charge in [-0.05, 0) is 100.0 Å². The molecule has 0 bridgehead atoms. The summed E-state index contributed by atoms with van der Waals surface area (Å²) in [6, 6.07) is 17.0. The molecule has 8 nitrogen and oxygen atoms in total. The number of hydrogen-bond acceptors (Lipinski definition) is 7. The number of rotatable bonds is 18. The van der Waals surface area contributed by atoms with Gasteiger partial charge in [-0.15, -0.1) is 0 Å². The maximum Gasteiger partial charge on any atom is 0.219 e. The molecule has 8 heteroatoms. The number of nitrogens with one attached hydrogen (secondary N) is 2. The van der Waals surface area contributed by atoms with Gasteiger partial charge in [-0.1, -0.05) is 36.4 Å². The zero-order chi connectivity index (χ0) is 30.1. The molecule has 3 aromatic rings. The minimum Gasteiger partial charge on any atom is -0.490 e. The van der Waals surface area contributed by atoms with E-state index < -0.39 is 6.10 Å². The average molecular weight is 587 g/mol. The van der Waals surface area contributed by atoms with Gasteiger partial charge >= 0.3 is 0 Å². The van der Waals surface area contributed by atoms with Crippen molar-refractivity contribution in [2.24, 2.45) is 0 Å². The molecule has 1 atom stereocenters. The Bertz CT molecular complexity index is 1360. The van der Waals surface area contributed by atoms with Gasteiger partial charge in [0, 0.05) is 30.6 Å². The Labute approximate surface area is 255 Å². The second kappa shape index (κ2) is 14.9. The Balaban J connectivity index is 1.12. The molecule has 0 aliphatic heterocycles. The fraction of sp³-hybridized carbons (Fsp3) is 0.514. The number of amides is 1. The Morgan fingerprint density at radius 3 is 2.70 bits per heavy atom. The van der Waals surface area contributed by atoms with Gasteiger partial charge in [0.2, 0.25) is 5.91 Å². The summed E-state index contributed by atoms with van der Waals surface area (Å²) >= 11 is 0. The maximum absolute atomic E-state index is 12.2. The number of carbonyl (C=O) groups is 1. The SMILES string of the molecule is Cc1ccc(CCCCC(=O)NCCCCC(O)CO)cc1CNC1(c2nnccc2-c2ccccc2OC2CC2)CC1. The second-order valence-electron chi connectivity index (χ2n) is 12.2. The van der Waals surface area contributed by atoms with E-state index in [4.69, 9.17) is 9.84 Å². The van der Waals surface area contributed by atoms with E-state index in [0.29, 0.717) is 25.5 Å². The number of aliphatic hydroxyl groups excluding tert-OH is 2. The molecule has 5 rings (SSSR count). The van der Waals surface area contributed by atoms with Crippen molar-refractivity contribution in [1.82, 2.24) is 20.8 Å². The van der Waals surface area contributed by atoms with E-state index in [0.717, 1.165) is 86.9 Å². The fourth-order valence-electron chi connectivity index (χ4n) is 5.54. The number of unbranched alkanes of at least 4 members (excludes halogenated alkanes) is 2. The van der Waals surface area contributed by atoms with Crippen molar-refractivity contribution in [2.75, 3.05) is 13.2 Å². The van der Waals surface area contributed by atoms with Gasteiger partial charge in [0.25, 0.3) is 0 Å². The van der Waals surface area contributed by atoms with Gasteiger partial charge in [-0.2, -0.15) is 10.2 Å². The Morgan fingerprint density at radius 2 is 1.91 bits per heavy atom. The van der Waals surface area contributed by atoms with Crippen molar-refractivity contribution < 1.29 is 19.7 Å². The lowest BCUT2D eigenvalue weighted by molar-refractivity contribution is -0.121. The third-order valence-corrected chi connectivity index (χ3v) is 8.57. The highest BCUT2D eigenvalue weighted by Crippen LogP contribution is 2.49. The van der Waals surface area contributed by atoms with E-state index in [1.807, 2.05) is 6.07 Å². The number of para-hydroxylation sites is 1. The topological polar surface area (TPSA) is 117 Å². The van der Waals surface area contributed by atoms with Crippen LogP contribution < -0.4 is 15.4 Å². The van der Waals surface area contributed by atoms with Gasteiger partial charge in [0.15, 0.2) is 0 Å². The lowest BCUT2D eigenvalue weighted by atomic mass is 9.97. The Kier molecular flexibility index (Phi) is 10.8. The van der Waals surface area contributed by atoms with Crippen LogP contribution in [0.3, 0.4) is 0 Å². The number of ether oxygens (including phenoxy) is 1. The summed E-state index contributed by atoms with van der Waals surface area (Å²) in [6.45, 7) is 3.33. The molecular formula is C35H46N4O4. The predicted octanol–water partition coefficient (Wildman–Crippen LogP) is 5.12. The molecule has 43 heavy (non-hydrogen) atoms. The summed E-state index contributed by atoms with van der Waals surface area (Å²) in [6.07, 6.45) is 11.2. The monoisotopic (exact) mass is 586 g/mol. The van der Waals surface area contributed by atoms with Crippen LogP contribution in [0.2, 0.25) is 0 Å². The van der Waals surface area contributed by atoms with Crippen LogP contribution in [-0.4, -0.2) is 51.7 Å². The lowest BCUT2D eigenvalue weighted by Gasteiger charge is -2.21. The van der Waals surface area contributed by atoms with E-state index in [1.165, 1.54) is 16.7 Å². The molecule has 2 aromatic carbocycles. The van der Waals surface area contributed by atoms with E-state index in [-0.39, 0.29) is 18.1 Å². The van der Waals surface area contributed by atoms with Crippen LogP contribution >= 0.6 is 0 Å². The molecular weight excluding hydrogens is 540 g/mol. The third kappa shape index (κ3) is 8.85. The van der Waals surface area contributed by atoms with Crippen LogP contribution in [0.5, 0.6) is 5.75 Å². The number of benzene rings is 2. The normalized spacial score (nSPS) is 16.1. The van der Waals surface area contributed by atoms with Crippen molar-refractivity contribution in [3.63, 3.8) is 0 Å². The van der Waals surface area contributed by atoms with Crippen LogP contribution in [0.1, 0.15) is 86.6 Å². The molecule has 230 valence electrons. The molecule has 0 saturated heterocycles. The van der Waals surface area contributed by atoms with E-state index in [1.54, 1.807) is 6.20 Å². The van der Waals surface area contributed by atoms with E-state index in [2.05, 4.69) is 70.2 Å². The minimum atomic E-state index is -0.658. The fourth-order valence-corrected chi connectivity index (χ4v) is 5.54. The molecule has 2 fully saturated rings. The quantitative estimate of drug-likeness (QED) is 0.153. The predicted molar refractivity (Wildman–Crippen MR) is 168 cm³/mol. The molecule has 2 aliphatic rings. The first kappa shape index (κ1) is 31.1. The summed E-state index contributed by atoms with van der Waals surface area (Å²) in [5, 5.41) is 34.0. The second-order valence-corrected chi connectivity index (χ2v) is 12.2. The summed E-state index contributed by atoms with van der Waals surface area (Å²) in [5.74, 6) is 1.00. The zero-order valence-electron chi connectivity index (χ0n) is 25.4. The molecule has 2 aliphatic carbocycles. The Morgan fingerprint density at radius 1 is 1.07 bits per heavy atom. The summed E-state index contributed by atoms with van der Waals surface area (Å²) in [5.41, 5.74) is 6.82. The first-order valence-electron chi connectivity index (χ1n) is 15.9. The van der Waals surface area contributed by atoms with Crippen LogP contribution in [0, 0.1) is 6.92 Å². The van der Waals surface area contributed by atoms with E-state index in [9.17, 15) is 9.90 Å². The van der Waals surface area contributed by atoms with Gasteiger partial charge < -0.3 is 25.6 Å². The summed E-state index contributed by atoms with van der Waals surface area (Å²) in [4.78, 5) is 12.2. The van der Waals surface area contributed by atoms with Crippen molar-refractivity contribution in [2.45, 2.75) is 102 Å². The van der Waals surface area contributed by atoms with Crippen LogP contribution in [0.15, 0.2) is 54.7 Å². The van der Waals surface area contributed by atoms with E-state index >= 15 is 0 Å². The first-order valence-corrected chi connectivity index (χ1v) is 15.9. The zero-order valence-corrected chi connectivity index (χ0v) is 25.4. The van der Waals surface area contributed by atoms with Gasteiger partial charge in [-0.3, -0.25) is 4.79 Å². The molecule has 1 unspecified atom stereocenters. The molecule has 2 saturated carbocycles. The van der Waals surface area contributed by atoms with Crippen LogP contribution in [0.25, 0.3) is 11.1 Å². The number of aliphatic hydroxyl groups is 2. The van der Waals surface area contributed by atoms with Crippen LogP contribution in [-0.2, 0) is 23.3 Å². The third-order valence-electron chi connectivity index (χ3n) is 8.57. The summed E-state index contributed by atoms with van der Waals surface area (Å²) < 4.78 is 6.24. The van der Waals surface area contributed by atoms with Gasteiger partial charge in [0.1, 0.15) is 5.75 Å². The number of nitrogens with zero attached hydrogens (tertiary/aromatic N) is 2. The van der Waals surface area contributed by atoms with Crippen molar-refractivity contribution in [3.05, 3.63) is 77.1 Å². The smallest absolute Gasteiger partial charge is 0.219 e. The van der Waals surface area contributed by atoms with Crippen molar-refractivity contribution in [3.8, 4) is 16.9 Å². The van der Waals surface area contributed by atoms with Crippen molar-refractivity contribution in [1.29, 1.82) is 0 Å². The van der Waals surface area contributed by atoms with Crippen molar-refractivity contribution >= 4 is 5.91 Å². The number of aromatic nitrogens is 2. The lowest BCUT2D eigenvalue weighted by Crippen LogP contribution is -2.30. The van der Waals surface area contributed by atoms with Gasteiger partial charge in [0.05, 0.1) is 36.2 Å². The highest BCUT2D eigenvalue weighted by Gasteiger charge is 2.47. The highest BCUT2D eigenvalue weighted by molar-refractivity contribution is 5.75. The van der Waals surface area contributed by atoms with Gasteiger partial charge in [-0.25, -0.2) is 0 Å². The largest absolute Gasteiger partial charge is 0.490 e. The summed E-state index contributed by atoms with van der Waals surface area (Å²) in [7, 11) is 0. The molecule has 1 heterocycles. The Hall–Kier alpha value is -3.33. The standard InChI is InChI=1S/C35H46N4O4/c1-25-13-14-26(8-2-5-12-33(42)36-20-7-6-9-28(41)24-40)22-27(25)23-37-35(18-19-35)34-31(17-21-38-39-34)30-10-3-4-11-32(30)43-29-15-16-29/h3-4,10-11,13-14,17,21-22,28-29,37,40-41H,2,5-9,12,15-16,18-20,23-24H2,1H3,(H,36,42). The minimum absolute atomic E-state index is 0.0799. The number of carbonyl (C=O) groups excluding carboxylic acids is 1. The average Bonchev–Trinajstić information content (AvgIpc) is 3.97. The molecule has 0 spiro atoms.